The molecule has 0 atom stereocenters. The van der Waals surface area contributed by atoms with Gasteiger partial charge in [-0.25, -0.2) is 4.79 Å². The summed E-state index contributed by atoms with van der Waals surface area (Å²) in [6.07, 6.45) is 4.21. The van der Waals surface area contributed by atoms with Crippen LogP contribution in [-0.4, -0.2) is 45.3 Å². The third-order valence-electron chi connectivity index (χ3n) is 5.78. The number of carbonyl (C=O) groups is 2. The second kappa shape index (κ2) is 8.29. The number of likely N-dealkylation sites (tertiary alicyclic amines) is 1. The lowest BCUT2D eigenvalue weighted by Crippen LogP contribution is -2.43. The summed E-state index contributed by atoms with van der Waals surface area (Å²) in [5.74, 6) is -0.501. The van der Waals surface area contributed by atoms with Crippen LogP contribution in [0.3, 0.4) is 0 Å². The third-order valence-corrected chi connectivity index (χ3v) is 5.78. The van der Waals surface area contributed by atoms with E-state index in [2.05, 4.69) is 5.32 Å². The van der Waals surface area contributed by atoms with Crippen LogP contribution in [0.15, 0.2) is 27.4 Å². The van der Waals surface area contributed by atoms with Gasteiger partial charge < -0.3 is 14.6 Å². The molecular weight excluding hydrogens is 392 g/mol. The van der Waals surface area contributed by atoms with Crippen LogP contribution >= 0.6 is 0 Å². The summed E-state index contributed by atoms with van der Waals surface area (Å²) < 4.78 is 6.49. The van der Waals surface area contributed by atoms with Gasteiger partial charge in [0.05, 0.1) is 16.5 Å². The minimum absolute atomic E-state index is 0.00698. The molecule has 10 nitrogen and oxygen atoms in total. The lowest BCUT2D eigenvalue weighted by molar-refractivity contribution is -0.384. The zero-order valence-corrected chi connectivity index (χ0v) is 16.5. The minimum Gasteiger partial charge on any atom is -0.407 e. The summed E-state index contributed by atoms with van der Waals surface area (Å²) in [7, 11) is 0. The standard InChI is InChI=1S/C20H24N4O6/c25-18(22-10-7-13(8-11-22)19(26)21-14-3-4-14)2-1-9-23-16-6-5-15(24(28)29)12-17(16)30-20(23)27/h5-6,12-14H,1-4,7-11H2,(H,21,26). The zero-order valence-electron chi connectivity index (χ0n) is 16.5. The molecule has 2 amide bonds. The van der Waals surface area contributed by atoms with Gasteiger partial charge in [-0.1, -0.05) is 0 Å². The fourth-order valence-corrected chi connectivity index (χ4v) is 3.86. The summed E-state index contributed by atoms with van der Waals surface area (Å²) >= 11 is 0. The molecule has 1 saturated heterocycles. The third kappa shape index (κ3) is 4.37. The number of benzene rings is 1. The average Bonchev–Trinajstić information content (AvgIpc) is 3.49. The molecule has 1 aliphatic carbocycles. The smallest absolute Gasteiger partial charge is 0.407 e. The van der Waals surface area contributed by atoms with E-state index in [4.69, 9.17) is 4.42 Å². The van der Waals surface area contributed by atoms with Crippen LogP contribution in [0.2, 0.25) is 0 Å². The van der Waals surface area contributed by atoms with Crippen molar-refractivity contribution in [1.82, 2.24) is 14.8 Å². The Balaban J connectivity index is 1.28. The number of nitro benzene ring substituents is 1. The number of piperidine rings is 1. The van der Waals surface area contributed by atoms with Crippen LogP contribution in [0, 0.1) is 16.0 Å². The van der Waals surface area contributed by atoms with Gasteiger partial charge in [-0.2, -0.15) is 0 Å². The number of aromatic nitrogens is 1. The molecule has 10 heteroatoms. The SMILES string of the molecule is O=C(NC1CC1)C1CCN(C(=O)CCCn2c(=O)oc3cc([N+](=O)[O-])ccc32)CC1. The highest BCUT2D eigenvalue weighted by molar-refractivity contribution is 5.80. The van der Waals surface area contributed by atoms with E-state index < -0.39 is 10.7 Å². The van der Waals surface area contributed by atoms with E-state index in [1.807, 2.05) is 0 Å². The van der Waals surface area contributed by atoms with Gasteiger partial charge in [0, 0.05) is 44.1 Å². The number of oxazole rings is 1. The van der Waals surface area contributed by atoms with Crippen LogP contribution in [-0.2, 0) is 16.1 Å². The van der Waals surface area contributed by atoms with Gasteiger partial charge in [-0.05, 0) is 38.2 Å². The maximum atomic E-state index is 12.5. The highest BCUT2D eigenvalue weighted by atomic mass is 16.6. The molecule has 4 rings (SSSR count). The van der Waals surface area contributed by atoms with Gasteiger partial charge in [0.25, 0.3) is 5.69 Å². The van der Waals surface area contributed by atoms with E-state index in [1.54, 1.807) is 4.90 Å². The van der Waals surface area contributed by atoms with Gasteiger partial charge in [-0.15, -0.1) is 0 Å². The number of amides is 2. The van der Waals surface area contributed by atoms with Gasteiger partial charge in [0.1, 0.15) is 0 Å². The zero-order chi connectivity index (χ0) is 21.3. The minimum atomic E-state index is -0.597. The van der Waals surface area contributed by atoms with Crippen molar-refractivity contribution in [2.24, 2.45) is 5.92 Å². The normalized spacial score (nSPS) is 17.3. The number of rotatable bonds is 7. The maximum Gasteiger partial charge on any atom is 0.419 e. The van der Waals surface area contributed by atoms with Gasteiger partial charge >= 0.3 is 5.76 Å². The van der Waals surface area contributed by atoms with Crippen LogP contribution < -0.4 is 11.1 Å². The van der Waals surface area contributed by atoms with E-state index >= 15 is 0 Å². The second-order valence-corrected chi connectivity index (χ2v) is 7.97. The number of aryl methyl sites for hydroxylation is 1. The molecule has 0 spiro atoms. The molecular formula is C20H24N4O6. The van der Waals surface area contributed by atoms with Crippen LogP contribution in [0.5, 0.6) is 0 Å². The van der Waals surface area contributed by atoms with Gasteiger partial charge in [-0.3, -0.25) is 24.3 Å². The number of non-ortho nitro benzene ring substituents is 1. The van der Waals surface area contributed by atoms with Crippen molar-refractivity contribution in [3.63, 3.8) is 0 Å². The molecule has 2 aliphatic rings. The monoisotopic (exact) mass is 416 g/mol. The molecule has 1 saturated carbocycles. The lowest BCUT2D eigenvalue weighted by atomic mass is 9.95. The van der Waals surface area contributed by atoms with E-state index in [0.29, 0.717) is 43.9 Å². The summed E-state index contributed by atoms with van der Waals surface area (Å²) in [5, 5.41) is 13.9. The Morgan fingerprint density at radius 2 is 1.93 bits per heavy atom. The molecule has 1 aromatic heterocycles. The highest BCUT2D eigenvalue weighted by Gasteiger charge is 2.30. The molecule has 0 radical (unpaired) electrons. The number of carbonyl (C=O) groups excluding carboxylic acids is 2. The van der Waals surface area contributed by atoms with Crippen molar-refractivity contribution >= 4 is 28.6 Å². The fraction of sp³-hybridized carbons (Fsp3) is 0.550. The van der Waals surface area contributed by atoms with E-state index in [9.17, 15) is 24.5 Å². The first kappa shape index (κ1) is 20.1. The molecule has 1 N–H and O–H groups in total. The molecule has 1 aliphatic heterocycles. The predicted octanol–water partition coefficient (Wildman–Crippen LogP) is 1.80. The average molecular weight is 416 g/mol. The fourth-order valence-electron chi connectivity index (χ4n) is 3.86. The number of nitrogens with one attached hydrogen (secondary N) is 1. The maximum absolute atomic E-state index is 12.5. The van der Waals surface area contributed by atoms with Crippen molar-refractivity contribution in [2.75, 3.05) is 13.1 Å². The number of hydrogen-bond donors (Lipinski definition) is 1. The number of hydrogen-bond acceptors (Lipinski definition) is 6. The largest absolute Gasteiger partial charge is 0.419 e. The molecule has 160 valence electrons. The van der Waals surface area contributed by atoms with Crippen molar-refractivity contribution in [2.45, 2.75) is 51.1 Å². The van der Waals surface area contributed by atoms with Gasteiger partial charge in [0.2, 0.25) is 11.8 Å². The van der Waals surface area contributed by atoms with Crippen LogP contribution in [0.4, 0.5) is 5.69 Å². The Hall–Kier alpha value is -3.17. The van der Waals surface area contributed by atoms with Crippen molar-refractivity contribution < 1.29 is 18.9 Å². The second-order valence-electron chi connectivity index (χ2n) is 7.97. The summed E-state index contributed by atoms with van der Waals surface area (Å²) in [6, 6.07) is 4.38. The molecule has 30 heavy (non-hydrogen) atoms. The predicted molar refractivity (Wildman–Crippen MR) is 107 cm³/mol. The Morgan fingerprint density at radius 1 is 1.20 bits per heavy atom. The summed E-state index contributed by atoms with van der Waals surface area (Å²) in [6.45, 7) is 1.43. The van der Waals surface area contributed by atoms with Crippen molar-refractivity contribution in [1.29, 1.82) is 0 Å². The van der Waals surface area contributed by atoms with Crippen molar-refractivity contribution in [3.05, 3.63) is 38.9 Å². The summed E-state index contributed by atoms with van der Waals surface area (Å²) in [4.78, 5) is 48.8. The Kier molecular flexibility index (Phi) is 5.56. The first-order chi connectivity index (χ1) is 14.4. The first-order valence-corrected chi connectivity index (χ1v) is 10.3. The van der Waals surface area contributed by atoms with E-state index in [-0.39, 0.29) is 42.0 Å². The number of nitro groups is 1. The lowest BCUT2D eigenvalue weighted by Gasteiger charge is -2.31. The van der Waals surface area contributed by atoms with E-state index in [0.717, 1.165) is 12.8 Å². The highest BCUT2D eigenvalue weighted by Crippen LogP contribution is 2.23. The van der Waals surface area contributed by atoms with Crippen molar-refractivity contribution in [3.8, 4) is 0 Å². The molecule has 2 heterocycles. The molecule has 2 fully saturated rings. The molecule has 1 aromatic carbocycles. The van der Waals surface area contributed by atoms with Crippen LogP contribution in [0.1, 0.15) is 38.5 Å². The first-order valence-electron chi connectivity index (χ1n) is 10.3. The Labute approximate surface area is 172 Å². The van der Waals surface area contributed by atoms with Crippen LogP contribution in [0.25, 0.3) is 11.1 Å². The number of nitrogens with zero attached hydrogens (tertiary/aromatic N) is 3. The van der Waals surface area contributed by atoms with Gasteiger partial charge in [0.15, 0.2) is 5.58 Å². The number of fused-ring (bicyclic) bond motifs is 1. The Bertz CT molecular complexity index is 1030. The quantitative estimate of drug-likeness (QED) is 0.541. The van der Waals surface area contributed by atoms with E-state index in [1.165, 1.54) is 22.8 Å². The Morgan fingerprint density at radius 3 is 2.60 bits per heavy atom. The summed E-state index contributed by atoms with van der Waals surface area (Å²) in [5.41, 5.74) is 0.486. The molecule has 0 bridgehead atoms. The topological polar surface area (TPSA) is 128 Å². The molecule has 2 aromatic rings. The molecule has 0 unspecified atom stereocenters.